The number of rotatable bonds is 7. The first-order valence-corrected chi connectivity index (χ1v) is 8.66. The summed E-state index contributed by atoms with van der Waals surface area (Å²) < 4.78 is 9.83. The summed E-state index contributed by atoms with van der Waals surface area (Å²) in [5, 5.41) is 3.09. The lowest BCUT2D eigenvalue weighted by Gasteiger charge is -2.11. The van der Waals surface area contributed by atoms with Gasteiger partial charge in [0.2, 0.25) is 0 Å². The van der Waals surface area contributed by atoms with E-state index in [0.29, 0.717) is 0 Å². The van der Waals surface area contributed by atoms with Crippen LogP contribution in [0.4, 0.5) is 5.69 Å². The minimum absolute atomic E-state index is 0.220. The highest BCUT2D eigenvalue weighted by Crippen LogP contribution is 2.33. The zero-order chi connectivity index (χ0) is 16.7. The zero-order valence-electron chi connectivity index (χ0n) is 13.3. The van der Waals surface area contributed by atoms with Crippen molar-refractivity contribution >= 4 is 29.4 Å². The Morgan fingerprint density at radius 1 is 1.26 bits per heavy atom. The van der Waals surface area contributed by atoms with E-state index in [1.807, 2.05) is 17.8 Å². The van der Waals surface area contributed by atoms with Gasteiger partial charge in [0.15, 0.2) is 5.92 Å². The Balaban J connectivity index is 2.02. The molecule has 5 nitrogen and oxygen atoms in total. The number of esters is 2. The van der Waals surface area contributed by atoms with Crippen LogP contribution in [0, 0.1) is 5.92 Å². The monoisotopic (exact) mass is 335 g/mol. The highest BCUT2D eigenvalue weighted by Gasteiger charge is 2.26. The van der Waals surface area contributed by atoms with Crippen LogP contribution >= 0.6 is 11.8 Å². The molecule has 0 amide bonds. The van der Waals surface area contributed by atoms with Crippen LogP contribution in [0.3, 0.4) is 0 Å². The number of anilines is 1. The quantitative estimate of drug-likeness (QED) is 0.610. The van der Waals surface area contributed by atoms with Gasteiger partial charge in [0, 0.05) is 16.3 Å². The number of hydrogen-bond acceptors (Lipinski definition) is 6. The Bertz CT molecular complexity index is 582. The van der Waals surface area contributed by atoms with Crippen molar-refractivity contribution in [3.63, 3.8) is 0 Å². The van der Waals surface area contributed by atoms with E-state index < -0.39 is 17.9 Å². The van der Waals surface area contributed by atoms with Crippen LogP contribution < -0.4 is 5.32 Å². The Hall–Kier alpha value is -1.95. The van der Waals surface area contributed by atoms with Crippen molar-refractivity contribution in [2.75, 3.05) is 24.3 Å². The lowest BCUT2D eigenvalue weighted by atomic mass is 10.1. The number of benzene rings is 1. The zero-order valence-corrected chi connectivity index (χ0v) is 14.2. The second kappa shape index (κ2) is 8.62. The Morgan fingerprint density at radius 3 is 2.61 bits per heavy atom. The predicted octanol–water partition coefficient (Wildman–Crippen LogP) is 3.00. The maximum atomic E-state index is 11.8. The van der Waals surface area contributed by atoms with Gasteiger partial charge >= 0.3 is 11.9 Å². The first kappa shape index (κ1) is 17.4. The predicted molar refractivity (Wildman–Crippen MR) is 90.4 cm³/mol. The fourth-order valence-electron chi connectivity index (χ4n) is 2.21. The Kier molecular flexibility index (Phi) is 6.52. The van der Waals surface area contributed by atoms with Crippen molar-refractivity contribution in [1.82, 2.24) is 0 Å². The maximum Gasteiger partial charge on any atom is 0.324 e. The van der Waals surface area contributed by atoms with Gasteiger partial charge in [-0.2, -0.15) is 0 Å². The lowest BCUT2D eigenvalue weighted by Crippen LogP contribution is -2.26. The van der Waals surface area contributed by atoms with Crippen LogP contribution in [0.1, 0.15) is 19.4 Å². The molecule has 0 unspecified atom stereocenters. The molecule has 1 aliphatic heterocycles. The van der Waals surface area contributed by atoms with E-state index in [4.69, 9.17) is 9.47 Å². The third-order valence-corrected chi connectivity index (χ3v) is 4.42. The molecule has 0 fully saturated rings. The fraction of sp³-hybridized carbons (Fsp3) is 0.412. The minimum Gasteiger partial charge on any atom is -0.465 e. The summed E-state index contributed by atoms with van der Waals surface area (Å²) in [6.07, 6.45) is 4.15. The van der Waals surface area contributed by atoms with Gasteiger partial charge in [-0.1, -0.05) is 6.07 Å². The number of thioether (sulfide) groups is 1. The van der Waals surface area contributed by atoms with Gasteiger partial charge in [0.25, 0.3) is 0 Å². The summed E-state index contributed by atoms with van der Waals surface area (Å²) in [5.74, 6) is -1.14. The van der Waals surface area contributed by atoms with Crippen molar-refractivity contribution in [3.05, 3.63) is 36.0 Å². The molecule has 1 N–H and O–H groups in total. The second-order valence-corrected chi connectivity index (χ2v) is 6.04. The standard InChI is InChI=1S/C17H21NO4S/c1-3-21-16(19)14(17(20)22-4-2)7-9-18-13-6-5-12-8-10-23-15(12)11-13/h5-7,9,11,14,18H,3-4,8,10H2,1-2H3/b9-7+. The average molecular weight is 335 g/mol. The molecule has 2 rings (SSSR count). The number of aryl methyl sites for hydroxylation is 1. The summed E-state index contributed by atoms with van der Waals surface area (Å²) in [6.45, 7) is 3.84. The molecule has 0 saturated carbocycles. The first-order valence-electron chi connectivity index (χ1n) is 7.68. The molecule has 23 heavy (non-hydrogen) atoms. The minimum atomic E-state index is -1.05. The highest BCUT2D eigenvalue weighted by molar-refractivity contribution is 7.99. The van der Waals surface area contributed by atoms with Crippen LogP contribution in [0.25, 0.3) is 0 Å². The van der Waals surface area contributed by atoms with Crippen molar-refractivity contribution in [1.29, 1.82) is 0 Å². The molecule has 124 valence electrons. The van der Waals surface area contributed by atoms with Crippen molar-refractivity contribution in [2.45, 2.75) is 25.2 Å². The van der Waals surface area contributed by atoms with Crippen LogP contribution in [0.5, 0.6) is 0 Å². The summed E-state index contributed by atoms with van der Waals surface area (Å²) >= 11 is 1.83. The highest BCUT2D eigenvalue weighted by atomic mass is 32.2. The fourth-order valence-corrected chi connectivity index (χ4v) is 3.32. The van der Waals surface area contributed by atoms with E-state index in [-0.39, 0.29) is 13.2 Å². The van der Waals surface area contributed by atoms with Gasteiger partial charge in [-0.3, -0.25) is 9.59 Å². The smallest absolute Gasteiger partial charge is 0.324 e. The molecule has 6 heteroatoms. The second-order valence-electron chi connectivity index (χ2n) is 4.91. The van der Waals surface area contributed by atoms with Crippen LogP contribution in [0.2, 0.25) is 0 Å². The van der Waals surface area contributed by atoms with Gasteiger partial charge in [-0.05, 0) is 50.2 Å². The Morgan fingerprint density at radius 2 is 1.96 bits per heavy atom. The molecule has 0 saturated heterocycles. The summed E-state index contributed by atoms with van der Waals surface area (Å²) in [5.41, 5.74) is 2.28. The van der Waals surface area contributed by atoms with E-state index in [1.54, 1.807) is 20.0 Å². The van der Waals surface area contributed by atoms with Crippen LogP contribution in [0.15, 0.2) is 35.4 Å². The average Bonchev–Trinajstić information content (AvgIpc) is 2.99. The molecule has 1 aromatic carbocycles. The molecule has 1 aliphatic rings. The molecule has 0 aliphatic carbocycles. The van der Waals surface area contributed by atoms with E-state index in [1.165, 1.54) is 16.5 Å². The topological polar surface area (TPSA) is 64.6 Å². The first-order chi connectivity index (χ1) is 11.2. The van der Waals surface area contributed by atoms with Gasteiger partial charge < -0.3 is 14.8 Å². The largest absolute Gasteiger partial charge is 0.465 e. The summed E-state index contributed by atoms with van der Waals surface area (Å²) in [4.78, 5) is 25.0. The summed E-state index contributed by atoms with van der Waals surface area (Å²) in [7, 11) is 0. The van der Waals surface area contributed by atoms with Crippen LogP contribution in [-0.4, -0.2) is 30.9 Å². The molecule has 1 heterocycles. The molecular weight excluding hydrogens is 314 g/mol. The number of hydrogen-bond donors (Lipinski definition) is 1. The molecule has 1 aromatic rings. The third kappa shape index (κ3) is 4.76. The van der Waals surface area contributed by atoms with Gasteiger partial charge in [0.1, 0.15) is 0 Å². The van der Waals surface area contributed by atoms with E-state index in [2.05, 4.69) is 17.4 Å². The number of carbonyl (C=O) groups is 2. The number of nitrogens with one attached hydrogen (secondary N) is 1. The van der Waals surface area contributed by atoms with Gasteiger partial charge in [-0.15, -0.1) is 11.8 Å². The third-order valence-electron chi connectivity index (χ3n) is 3.32. The van der Waals surface area contributed by atoms with E-state index in [9.17, 15) is 9.59 Å². The lowest BCUT2D eigenvalue weighted by molar-refractivity contribution is -0.158. The molecule has 0 spiro atoms. The van der Waals surface area contributed by atoms with E-state index >= 15 is 0 Å². The van der Waals surface area contributed by atoms with Crippen molar-refractivity contribution in [2.24, 2.45) is 5.92 Å². The molecule has 0 bridgehead atoms. The summed E-state index contributed by atoms with van der Waals surface area (Å²) in [6, 6.07) is 6.15. The van der Waals surface area contributed by atoms with Crippen LogP contribution in [-0.2, 0) is 25.5 Å². The number of ether oxygens (including phenoxy) is 2. The SMILES string of the molecule is CCOC(=O)C(/C=C/Nc1ccc2c(c1)SCC2)C(=O)OCC. The molecule has 0 atom stereocenters. The molecular formula is C17H21NO4S. The normalized spacial score (nSPS) is 13.2. The van der Waals surface area contributed by atoms with Crippen molar-refractivity contribution < 1.29 is 19.1 Å². The Labute approximate surface area is 140 Å². The van der Waals surface area contributed by atoms with Gasteiger partial charge in [0.05, 0.1) is 13.2 Å². The molecule has 0 aromatic heterocycles. The number of fused-ring (bicyclic) bond motifs is 1. The number of carbonyl (C=O) groups excluding carboxylic acids is 2. The molecule has 0 radical (unpaired) electrons. The van der Waals surface area contributed by atoms with Crippen molar-refractivity contribution in [3.8, 4) is 0 Å². The maximum absolute atomic E-state index is 11.8. The van der Waals surface area contributed by atoms with Gasteiger partial charge in [-0.25, -0.2) is 0 Å². The van der Waals surface area contributed by atoms with E-state index in [0.717, 1.165) is 17.9 Å².